The Balaban J connectivity index is 0.00000289. The minimum atomic E-state index is -3.74. The third-order valence-corrected chi connectivity index (χ3v) is 7.45. The Morgan fingerprint density at radius 1 is 1.09 bits per heavy atom. The largest absolute Gasteiger partial charge is 0.496 e. The number of aryl methyl sites for hydroxylation is 1. The maximum Gasteiger partial charge on any atom is 0.240 e. The molecule has 0 radical (unpaired) electrons. The van der Waals surface area contributed by atoms with Crippen molar-refractivity contribution in [1.82, 2.24) is 29.4 Å². The monoisotopic (exact) mass is 518 g/mol. The summed E-state index contributed by atoms with van der Waals surface area (Å²) in [4.78, 5) is 2.30. The minimum Gasteiger partial charge on any atom is -0.496 e. The van der Waals surface area contributed by atoms with Gasteiger partial charge in [-0.1, -0.05) is 24.3 Å². The SMILES string of the molecule is COc1ccc(S(=O)(=O)NCCN2CCOCC2)cc1-c1nnc2c3ccccc3c(C)nn12.Cl. The van der Waals surface area contributed by atoms with Gasteiger partial charge >= 0.3 is 0 Å². The highest BCUT2D eigenvalue weighted by atomic mass is 35.5. The van der Waals surface area contributed by atoms with E-state index in [0.717, 1.165) is 29.6 Å². The molecule has 35 heavy (non-hydrogen) atoms. The first-order valence-corrected chi connectivity index (χ1v) is 12.6. The van der Waals surface area contributed by atoms with Crippen LogP contribution in [0.15, 0.2) is 47.4 Å². The molecule has 0 saturated carbocycles. The summed E-state index contributed by atoms with van der Waals surface area (Å²) in [6, 6.07) is 12.5. The summed E-state index contributed by atoms with van der Waals surface area (Å²) < 4.78 is 41.3. The van der Waals surface area contributed by atoms with Crippen molar-refractivity contribution in [3.8, 4) is 17.1 Å². The van der Waals surface area contributed by atoms with Gasteiger partial charge in [0.25, 0.3) is 0 Å². The second-order valence-corrected chi connectivity index (χ2v) is 9.87. The van der Waals surface area contributed by atoms with Crippen LogP contribution in [0, 0.1) is 6.92 Å². The van der Waals surface area contributed by atoms with Crippen molar-refractivity contribution < 1.29 is 17.9 Å². The van der Waals surface area contributed by atoms with Crippen LogP contribution in [0.1, 0.15) is 5.69 Å². The first-order valence-electron chi connectivity index (χ1n) is 11.1. The lowest BCUT2D eigenvalue weighted by Gasteiger charge is -2.26. The second-order valence-electron chi connectivity index (χ2n) is 8.10. The summed E-state index contributed by atoms with van der Waals surface area (Å²) in [5.41, 5.74) is 1.90. The zero-order valence-corrected chi connectivity index (χ0v) is 21.1. The summed E-state index contributed by atoms with van der Waals surface area (Å²) in [7, 11) is -2.20. The minimum absolute atomic E-state index is 0. The molecule has 0 unspecified atom stereocenters. The maximum atomic E-state index is 13.0. The maximum absolute atomic E-state index is 13.0. The number of benzene rings is 2. The lowest BCUT2D eigenvalue weighted by atomic mass is 10.1. The van der Waals surface area contributed by atoms with Crippen molar-refractivity contribution in [2.45, 2.75) is 11.8 Å². The topological polar surface area (TPSA) is 111 Å². The van der Waals surface area contributed by atoms with Gasteiger partial charge in [0.1, 0.15) is 5.75 Å². The van der Waals surface area contributed by atoms with Gasteiger partial charge in [0.15, 0.2) is 11.5 Å². The van der Waals surface area contributed by atoms with E-state index in [1.54, 1.807) is 16.6 Å². The lowest BCUT2D eigenvalue weighted by molar-refractivity contribution is 0.0390. The van der Waals surface area contributed by atoms with Crippen LogP contribution < -0.4 is 9.46 Å². The molecule has 0 atom stereocenters. The van der Waals surface area contributed by atoms with E-state index in [-0.39, 0.29) is 17.3 Å². The van der Waals surface area contributed by atoms with Gasteiger partial charge in [0.05, 0.1) is 36.5 Å². The van der Waals surface area contributed by atoms with Gasteiger partial charge in [-0.15, -0.1) is 22.6 Å². The molecule has 2 aromatic carbocycles. The molecule has 12 heteroatoms. The van der Waals surface area contributed by atoms with E-state index in [0.29, 0.717) is 49.1 Å². The van der Waals surface area contributed by atoms with Crippen molar-refractivity contribution >= 4 is 38.8 Å². The Kier molecular flexibility index (Phi) is 7.53. The smallest absolute Gasteiger partial charge is 0.240 e. The summed E-state index contributed by atoms with van der Waals surface area (Å²) in [5.74, 6) is 0.889. The molecule has 4 aromatic rings. The third-order valence-electron chi connectivity index (χ3n) is 5.99. The number of aromatic nitrogens is 4. The van der Waals surface area contributed by atoms with Crippen LogP contribution in [0.5, 0.6) is 5.75 Å². The molecule has 2 aromatic heterocycles. The van der Waals surface area contributed by atoms with Crippen molar-refractivity contribution in [3.05, 3.63) is 48.2 Å². The fourth-order valence-electron chi connectivity index (χ4n) is 4.18. The number of ether oxygens (including phenoxy) is 2. The Hall–Kier alpha value is -2.83. The van der Waals surface area contributed by atoms with Gasteiger partial charge in [0, 0.05) is 37.0 Å². The molecule has 186 valence electrons. The summed E-state index contributed by atoms with van der Waals surface area (Å²) >= 11 is 0. The summed E-state index contributed by atoms with van der Waals surface area (Å²) in [5, 5.41) is 15.3. The number of hydrogen-bond donors (Lipinski definition) is 1. The number of hydrogen-bond acceptors (Lipinski definition) is 8. The zero-order chi connectivity index (χ0) is 23.7. The second kappa shape index (κ2) is 10.4. The van der Waals surface area contributed by atoms with Crippen LogP contribution in [0.25, 0.3) is 27.8 Å². The van der Waals surface area contributed by atoms with Gasteiger partial charge in [0.2, 0.25) is 10.0 Å². The molecule has 1 saturated heterocycles. The van der Waals surface area contributed by atoms with Crippen molar-refractivity contribution in [3.63, 3.8) is 0 Å². The number of sulfonamides is 1. The van der Waals surface area contributed by atoms with E-state index < -0.39 is 10.0 Å². The Morgan fingerprint density at radius 3 is 2.57 bits per heavy atom. The number of nitrogens with zero attached hydrogens (tertiary/aromatic N) is 5. The van der Waals surface area contributed by atoms with E-state index in [4.69, 9.17) is 9.47 Å². The highest BCUT2D eigenvalue weighted by Crippen LogP contribution is 2.32. The first kappa shape index (κ1) is 25.3. The first-order chi connectivity index (χ1) is 16.5. The van der Waals surface area contributed by atoms with Gasteiger partial charge in [-0.05, 0) is 25.1 Å². The molecule has 1 aliphatic rings. The Bertz CT molecular complexity index is 1450. The molecule has 0 spiro atoms. The van der Waals surface area contributed by atoms with E-state index in [1.807, 2.05) is 31.2 Å². The highest BCUT2D eigenvalue weighted by Gasteiger charge is 2.22. The quantitative estimate of drug-likeness (QED) is 0.397. The van der Waals surface area contributed by atoms with Crippen molar-refractivity contribution in [2.24, 2.45) is 0 Å². The zero-order valence-electron chi connectivity index (χ0n) is 19.5. The van der Waals surface area contributed by atoms with Crippen LogP contribution in [-0.2, 0) is 14.8 Å². The molecule has 0 aliphatic carbocycles. The Morgan fingerprint density at radius 2 is 1.83 bits per heavy atom. The average molecular weight is 519 g/mol. The summed E-state index contributed by atoms with van der Waals surface area (Å²) in [6.45, 7) is 5.79. The van der Waals surface area contributed by atoms with E-state index in [1.165, 1.54) is 13.2 Å². The normalized spacial score (nSPS) is 14.8. The van der Waals surface area contributed by atoms with E-state index >= 15 is 0 Å². The van der Waals surface area contributed by atoms with E-state index in [9.17, 15) is 8.42 Å². The van der Waals surface area contributed by atoms with Crippen molar-refractivity contribution in [1.29, 1.82) is 0 Å². The molecule has 1 N–H and O–H groups in total. The van der Waals surface area contributed by atoms with Gasteiger partial charge in [-0.25, -0.2) is 13.1 Å². The van der Waals surface area contributed by atoms with Gasteiger partial charge in [-0.3, -0.25) is 4.90 Å². The number of fused-ring (bicyclic) bond motifs is 3. The number of nitrogens with one attached hydrogen (secondary N) is 1. The van der Waals surface area contributed by atoms with E-state index in [2.05, 4.69) is 24.9 Å². The predicted octanol–water partition coefficient (Wildman–Crippen LogP) is 2.29. The van der Waals surface area contributed by atoms with Crippen LogP contribution in [-0.4, -0.2) is 79.6 Å². The fraction of sp³-hybridized carbons (Fsp3) is 0.348. The fourth-order valence-corrected chi connectivity index (χ4v) is 5.23. The highest BCUT2D eigenvalue weighted by molar-refractivity contribution is 7.89. The number of halogens is 1. The average Bonchev–Trinajstić information content (AvgIpc) is 3.28. The van der Waals surface area contributed by atoms with Crippen LogP contribution >= 0.6 is 12.4 Å². The number of methoxy groups -OCH3 is 1. The molecule has 0 amide bonds. The molecule has 1 fully saturated rings. The van der Waals surface area contributed by atoms with Crippen LogP contribution in [0.2, 0.25) is 0 Å². The molecule has 10 nitrogen and oxygen atoms in total. The third kappa shape index (κ3) is 4.95. The predicted molar refractivity (Wildman–Crippen MR) is 135 cm³/mol. The molecular weight excluding hydrogens is 492 g/mol. The molecular formula is C23H27ClN6O4S. The van der Waals surface area contributed by atoms with Gasteiger partial charge in [-0.2, -0.15) is 9.61 Å². The molecule has 5 rings (SSSR count). The van der Waals surface area contributed by atoms with Gasteiger partial charge < -0.3 is 9.47 Å². The van der Waals surface area contributed by atoms with Crippen LogP contribution in [0.3, 0.4) is 0 Å². The number of rotatable bonds is 7. The summed E-state index contributed by atoms with van der Waals surface area (Å²) in [6.07, 6.45) is 0. The number of morpholine rings is 1. The molecule has 3 heterocycles. The molecule has 0 bridgehead atoms. The van der Waals surface area contributed by atoms with Crippen LogP contribution in [0.4, 0.5) is 0 Å². The lowest BCUT2D eigenvalue weighted by Crippen LogP contribution is -2.41. The Labute approximate surface area is 209 Å². The molecule has 1 aliphatic heterocycles. The van der Waals surface area contributed by atoms with Crippen molar-refractivity contribution in [2.75, 3.05) is 46.5 Å². The standard InChI is InChI=1S/C23H26N6O4S.ClH/c1-16-18-5-3-4-6-19(18)22-25-26-23(29(22)27-16)20-15-17(7-8-21(20)32-2)34(30,31)24-9-10-28-11-13-33-14-12-28;/h3-8,15,24H,9-14H2,1-2H3;1H.